The summed E-state index contributed by atoms with van der Waals surface area (Å²) < 4.78 is 6.97. The molecule has 0 radical (unpaired) electrons. The third kappa shape index (κ3) is 3.09. The molecule has 0 atom stereocenters. The number of fused-ring (bicyclic) bond motifs is 1. The van der Waals surface area contributed by atoms with Crippen molar-refractivity contribution in [3.8, 4) is 11.5 Å². The Kier molecular flexibility index (Phi) is 4.23. The van der Waals surface area contributed by atoms with Crippen molar-refractivity contribution in [2.24, 2.45) is 0 Å². The van der Waals surface area contributed by atoms with Gasteiger partial charge in [0.2, 0.25) is 0 Å². The Hall–Kier alpha value is -1.84. The van der Waals surface area contributed by atoms with Gasteiger partial charge in [-0.25, -0.2) is 0 Å². The fraction of sp³-hybridized carbons (Fsp3) is 0.111. The normalized spacial score (nSPS) is 10.8. The van der Waals surface area contributed by atoms with E-state index in [9.17, 15) is 0 Å². The molecule has 0 aliphatic rings. The molecular formula is C18H16BrNO. The van der Waals surface area contributed by atoms with E-state index in [1.165, 1.54) is 10.9 Å². The molecule has 0 unspecified atom stereocenters. The van der Waals surface area contributed by atoms with Gasteiger partial charge >= 0.3 is 0 Å². The van der Waals surface area contributed by atoms with Crippen molar-refractivity contribution in [1.82, 2.24) is 5.32 Å². The average molecular weight is 342 g/mol. The van der Waals surface area contributed by atoms with Gasteiger partial charge in [0.25, 0.3) is 0 Å². The summed E-state index contributed by atoms with van der Waals surface area (Å²) in [6, 6.07) is 20.4. The summed E-state index contributed by atoms with van der Waals surface area (Å²) in [6.45, 7) is 0.861. The van der Waals surface area contributed by atoms with Crippen molar-refractivity contribution in [2.75, 3.05) is 7.05 Å². The molecule has 21 heavy (non-hydrogen) atoms. The van der Waals surface area contributed by atoms with E-state index in [4.69, 9.17) is 4.74 Å². The van der Waals surface area contributed by atoms with Crippen LogP contribution in [0.15, 0.2) is 65.1 Å². The molecule has 0 bridgehead atoms. The number of nitrogens with one attached hydrogen (secondary N) is 1. The van der Waals surface area contributed by atoms with Crippen molar-refractivity contribution in [1.29, 1.82) is 0 Å². The minimum atomic E-state index is 0.829. The van der Waals surface area contributed by atoms with E-state index in [0.29, 0.717) is 0 Å². The summed E-state index contributed by atoms with van der Waals surface area (Å²) in [5.74, 6) is 1.67. The number of ether oxygens (including phenoxy) is 1. The quantitative estimate of drug-likeness (QED) is 0.711. The molecule has 0 heterocycles. The van der Waals surface area contributed by atoms with Gasteiger partial charge in [0.05, 0.1) is 4.47 Å². The maximum atomic E-state index is 5.98. The van der Waals surface area contributed by atoms with Crippen LogP contribution in [-0.2, 0) is 6.54 Å². The maximum absolute atomic E-state index is 5.98. The molecule has 0 aromatic heterocycles. The van der Waals surface area contributed by atoms with E-state index in [1.54, 1.807) is 0 Å². The molecule has 1 N–H and O–H groups in total. The summed E-state index contributed by atoms with van der Waals surface area (Å²) in [4.78, 5) is 0. The second kappa shape index (κ2) is 6.29. The van der Waals surface area contributed by atoms with E-state index >= 15 is 0 Å². The second-order valence-corrected chi connectivity index (χ2v) is 5.67. The smallest absolute Gasteiger partial charge is 0.142 e. The van der Waals surface area contributed by atoms with Crippen LogP contribution in [0.2, 0.25) is 0 Å². The lowest BCUT2D eigenvalue weighted by Crippen LogP contribution is -2.04. The van der Waals surface area contributed by atoms with Crippen LogP contribution in [0.1, 0.15) is 5.56 Å². The number of hydrogen-bond donors (Lipinski definition) is 1. The lowest BCUT2D eigenvalue weighted by molar-refractivity contribution is 0.480. The zero-order chi connectivity index (χ0) is 14.7. The van der Waals surface area contributed by atoms with Crippen LogP contribution in [0.25, 0.3) is 10.8 Å². The largest absolute Gasteiger partial charge is 0.456 e. The summed E-state index contributed by atoms with van der Waals surface area (Å²) in [6.07, 6.45) is 0. The van der Waals surface area contributed by atoms with Crippen LogP contribution >= 0.6 is 15.9 Å². The standard InChI is InChI=1S/C18H16BrNO/c1-20-12-13-6-9-15(10-7-13)21-17-11-8-14-4-2-3-5-16(14)18(17)19/h2-11,20H,12H2,1H3. The van der Waals surface area contributed by atoms with Crippen LogP contribution < -0.4 is 10.1 Å². The van der Waals surface area contributed by atoms with Crippen molar-refractivity contribution < 1.29 is 4.74 Å². The number of rotatable bonds is 4. The Morgan fingerprint density at radius 3 is 2.48 bits per heavy atom. The SMILES string of the molecule is CNCc1ccc(Oc2ccc3ccccc3c2Br)cc1. The molecular weight excluding hydrogens is 326 g/mol. The molecule has 0 saturated heterocycles. The summed E-state index contributed by atoms with van der Waals surface area (Å²) in [7, 11) is 1.94. The van der Waals surface area contributed by atoms with Crippen molar-refractivity contribution in [3.63, 3.8) is 0 Å². The van der Waals surface area contributed by atoms with Gasteiger partial charge in [-0.15, -0.1) is 0 Å². The van der Waals surface area contributed by atoms with Gasteiger partial charge in [-0.2, -0.15) is 0 Å². The van der Waals surface area contributed by atoms with Crippen LogP contribution in [0.5, 0.6) is 11.5 Å². The minimum Gasteiger partial charge on any atom is -0.456 e. The monoisotopic (exact) mass is 341 g/mol. The second-order valence-electron chi connectivity index (χ2n) is 4.88. The molecule has 3 aromatic rings. The van der Waals surface area contributed by atoms with Crippen LogP contribution in [-0.4, -0.2) is 7.05 Å². The highest BCUT2D eigenvalue weighted by molar-refractivity contribution is 9.10. The first-order valence-corrected chi connectivity index (χ1v) is 7.66. The Bertz CT molecular complexity index is 753. The molecule has 3 aromatic carbocycles. The van der Waals surface area contributed by atoms with Crippen molar-refractivity contribution >= 4 is 26.7 Å². The van der Waals surface area contributed by atoms with Gasteiger partial charge in [0.1, 0.15) is 11.5 Å². The molecule has 0 aliphatic carbocycles. The Labute approximate surface area is 132 Å². The van der Waals surface area contributed by atoms with E-state index in [1.807, 2.05) is 37.4 Å². The fourth-order valence-electron chi connectivity index (χ4n) is 2.30. The van der Waals surface area contributed by atoms with Crippen LogP contribution in [0.4, 0.5) is 0 Å². The molecule has 106 valence electrons. The molecule has 0 spiro atoms. The molecule has 0 aliphatic heterocycles. The zero-order valence-corrected chi connectivity index (χ0v) is 13.4. The molecule has 0 fully saturated rings. The van der Waals surface area contributed by atoms with Gasteiger partial charge in [-0.3, -0.25) is 0 Å². The highest BCUT2D eigenvalue weighted by atomic mass is 79.9. The fourth-order valence-corrected chi connectivity index (χ4v) is 2.87. The number of hydrogen-bond acceptors (Lipinski definition) is 2. The lowest BCUT2D eigenvalue weighted by atomic mass is 10.1. The van der Waals surface area contributed by atoms with E-state index < -0.39 is 0 Å². The Balaban J connectivity index is 1.89. The Morgan fingerprint density at radius 1 is 0.952 bits per heavy atom. The molecule has 2 nitrogen and oxygen atoms in total. The molecule has 3 rings (SSSR count). The minimum absolute atomic E-state index is 0.829. The molecule has 3 heteroatoms. The maximum Gasteiger partial charge on any atom is 0.142 e. The van der Waals surface area contributed by atoms with E-state index in [0.717, 1.165) is 27.9 Å². The first kappa shape index (κ1) is 14.1. The topological polar surface area (TPSA) is 21.3 Å². The highest BCUT2D eigenvalue weighted by Crippen LogP contribution is 2.35. The predicted molar refractivity (Wildman–Crippen MR) is 90.9 cm³/mol. The van der Waals surface area contributed by atoms with E-state index in [-0.39, 0.29) is 0 Å². The highest BCUT2D eigenvalue weighted by Gasteiger charge is 2.07. The van der Waals surface area contributed by atoms with Crippen LogP contribution in [0, 0.1) is 0 Å². The van der Waals surface area contributed by atoms with Gasteiger partial charge in [-0.1, -0.05) is 42.5 Å². The molecule has 0 saturated carbocycles. The summed E-state index contributed by atoms with van der Waals surface area (Å²) >= 11 is 3.64. The van der Waals surface area contributed by atoms with Crippen molar-refractivity contribution in [2.45, 2.75) is 6.54 Å². The predicted octanol–water partition coefficient (Wildman–Crippen LogP) is 5.11. The lowest BCUT2D eigenvalue weighted by Gasteiger charge is -2.10. The van der Waals surface area contributed by atoms with Crippen molar-refractivity contribution in [3.05, 3.63) is 70.7 Å². The first-order valence-electron chi connectivity index (χ1n) is 6.86. The average Bonchev–Trinajstić information content (AvgIpc) is 2.52. The van der Waals surface area contributed by atoms with Gasteiger partial charge in [-0.05, 0) is 57.5 Å². The third-order valence-corrected chi connectivity index (χ3v) is 4.18. The first-order chi connectivity index (χ1) is 10.3. The third-order valence-electron chi connectivity index (χ3n) is 3.36. The summed E-state index contributed by atoms with van der Waals surface area (Å²) in [5, 5.41) is 5.48. The Morgan fingerprint density at radius 2 is 1.71 bits per heavy atom. The van der Waals surface area contributed by atoms with Gasteiger partial charge < -0.3 is 10.1 Å². The van der Waals surface area contributed by atoms with Gasteiger partial charge in [0.15, 0.2) is 0 Å². The zero-order valence-electron chi connectivity index (χ0n) is 11.8. The van der Waals surface area contributed by atoms with Gasteiger partial charge in [0, 0.05) is 6.54 Å². The van der Waals surface area contributed by atoms with Crippen LogP contribution in [0.3, 0.4) is 0 Å². The summed E-state index contributed by atoms with van der Waals surface area (Å²) in [5.41, 5.74) is 1.24. The number of halogens is 1. The van der Waals surface area contributed by atoms with E-state index in [2.05, 4.69) is 51.6 Å². The molecule has 0 amide bonds. The number of benzene rings is 3.